The lowest BCUT2D eigenvalue weighted by atomic mass is 10.0. The Morgan fingerprint density at radius 2 is 0.500 bits per heavy atom. The molecule has 0 rings (SSSR count). The second kappa shape index (κ2) is 65.6. The number of hydrogen-bond acceptors (Lipinski definition) is 6. The summed E-state index contributed by atoms with van der Waals surface area (Å²) >= 11 is 0. The van der Waals surface area contributed by atoms with Crippen molar-refractivity contribution < 1.29 is 28.6 Å². The number of carbonyl (C=O) groups excluding carboxylic acids is 3. The van der Waals surface area contributed by atoms with Gasteiger partial charge in [0.15, 0.2) is 6.10 Å². The number of allylic oxidation sites excluding steroid dienone is 18. The van der Waals surface area contributed by atoms with E-state index >= 15 is 0 Å². The minimum atomic E-state index is -0.793. The summed E-state index contributed by atoms with van der Waals surface area (Å²) in [6.07, 6.45) is 89.5. The second-order valence-electron chi connectivity index (χ2n) is 21.6. The summed E-state index contributed by atoms with van der Waals surface area (Å²) in [5.41, 5.74) is 0. The Hall–Kier alpha value is -3.93. The lowest BCUT2D eigenvalue weighted by molar-refractivity contribution is -0.167. The smallest absolute Gasteiger partial charge is 0.306 e. The summed E-state index contributed by atoms with van der Waals surface area (Å²) < 4.78 is 16.9. The standard InChI is InChI=1S/C72H122O6/c1-4-7-10-13-16-19-22-25-28-30-31-32-33-34-35-36-37-38-39-40-41-42-45-47-50-53-56-59-62-65-71(74)77-68-69(67-76-70(73)64-61-58-55-52-49-46-43-27-24-21-18-15-12-9-6-3)78-72(75)66-63-60-57-54-51-48-44-29-26-23-20-17-14-11-8-5-2/h7,10,16,19,25,27-28,31-32,34-35,37-38,40-41,43,45,47,69H,4-6,8-9,11-15,17-18,20-24,26,29-30,33,36,39,42,44,46,48-68H2,1-3H3/b10-7-,19-16-,28-25-,32-31-,35-34-,38-37-,41-40-,43-27-,47-45-. The molecule has 0 N–H and O–H groups in total. The molecule has 0 aliphatic carbocycles. The molecule has 0 aromatic heterocycles. The van der Waals surface area contributed by atoms with Crippen LogP contribution in [0.5, 0.6) is 0 Å². The van der Waals surface area contributed by atoms with E-state index in [4.69, 9.17) is 14.2 Å². The highest BCUT2D eigenvalue weighted by Crippen LogP contribution is 2.16. The summed E-state index contributed by atoms with van der Waals surface area (Å²) in [5.74, 6) is -0.911. The summed E-state index contributed by atoms with van der Waals surface area (Å²) in [6, 6.07) is 0. The van der Waals surface area contributed by atoms with Crippen molar-refractivity contribution in [2.45, 2.75) is 316 Å². The van der Waals surface area contributed by atoms with Crippen molar-refractivity contribution in [1.82, 2.24) is 0 Å². The lowest BCUT2D eigenvalue weighted by Gasteiger charge is -2.18. The van der Waals surface area contributed by atoms with E-state index in [1.807, 2.05) is 0 Å². The molecule has 1 unspecified atom stereocenters. The first-order valence-corrected chi connectivity index (χ1v) is 32.9. The van der Waals surface area contributed by atoms with Crippen molar-refractivity contribution in [3.63, 3.8) is 0 Å². The molecule has 1 atom stereocenters. The van der Waals surface area contributed by atoms with Crippen molar-refractivity contribution >= 4 is 17.9 Å². The van der Waals surface area contributed by atoms with Gasteiger partial charge in [0.2, 0.25) is 0 Å². The first kappa shape index (κ1) is 74.1. The zero-order chi connectivity index (χ0) is 56.4. The van der Waals surface area contributed by atoms with Crippen molar-refractivity contribution in [3.05, 3.63) is 109 Å². The molecule has 0 aliphatic heterocycles. The van der Waals surface area contributed by atoms with Crippen LogP contribution in [0.2, 0.25) is 0 Å². The van der Waals surface area contributed by atoms with Crippen LogP contribution >= 0.6 is 0 Å². The molecule has 78 heavy (non-hydrogen) atoms. The van der Waals surface area contributed by atoms with E-state index < -0.39 is 6.10 Å². The van der Waals surface area contributed by atoms with Gasteiger partial charge in [0.25, 0.3) is 0 Å². The molecule has 0 aliphatic rings. The zero-order valence-electron chi connectivity index (χ0n) is 51.2. The summed E-state index contributed by atoms with van der Waals surface area (Å²) in [5, 5.41) is 0. The molecular weight excluding hydrogens is 961 g/mol. The number of ether oxygens (including phenoxy) is 3. The van der Waals surface area contributed by atoms with E-state index in [1.165, 1.54) is 141 Å². The number of hydrogen-bond donors (Lipinski definition) is 0. The summed E-state index contributed by atoms with van der Waals surface area (Å²) in [6.45, 7) is 6.52. The van der Waals surface area contributed by atoms with Gasteiger partial charge in [-0.3, -0.25) is 14.4 Å². The number of esters is 3. The quantitative estimate of drug-likeness (QED) is 0.0261. The van der Waals surface area contributed by atoms with Gasteiger partial charge in [-0.05, 0) is 109 Å². The molecule has 0 fully saturated rings. The Balaban J connectivity index is 4.38. The first-order chi connectivity index (χ1) is 38.5. The van der Waals surface area contributed by atoms with Crippen LogP contribution in [0, 0.1) is 0 Å². The number of unbranched alkanes of at least 4 members (excludes halogenated alkanes) is 30. The third-order valence-corrected chi connectivity index (χ3v) is 14.0. The van der Waals surface area contributed by atoms with Gasteiger partial charge in [-0.2, -0.15) is 0 Å². The van der Waals surface area contributed by atoms with E-state index in [1.54, 1.807) is 0 Å². The normalized spacial score (nSPS) is 12.8. The molecule has 446 valence electrons. The van der Waals surface area contributed by atoms with Crippen molar-refractivity contribution in [1.29, 1.82) is 0 Å². The molecule has 0 spiro atoms. The average molecular weight is 1080 g/mol. The molecule has 0 amide bonds. The highest BCUT2D eigenvalue weighted by Gasteiger charge is 2.19. The van der Waals surface area contributed by atoms with Gasteiger partial charge in [-0.25, -0.2) is 0 Å². The monoisotopic (exact) mass is 1080 g/mol. The van der Waals surface area contributed by atoms with Crippen LogP contribution < -0.4 is 0 Å². The van der Waals surface area contributed by atoms with E-state index in [0.717, 1.165) is 128 Å². The molecule has 0 bridgehead atoms. The number of carbonyl (C=O) groups is 3. The topological polar surface area (TPSA) is 78.9 Å². The molecule has 0 heterocycles. The molecule has 6 heteroatoms. The predicted molar refractivity (Wildman–Crippen MR) is 339 cm³/mol. The first-order valence-electron chi connectivity index (χ1n) is 32.9. The van der Waals surface area contributed by atoms with Crippen molar-refractivity contribution in [2.75, 3.05) is 13.2 Å². The lowest BCUT2D eigenvalue weighted by Crippen LogP contribution is -2.30. The Labute approximate surface area is 482 Å². The molecule has 0 radical (unpaired) electrons. The Morgan fingerprint density at radius 3 is 0.795 bits per heavy atom. The minimum Gasteiger partial charge on any atom is -0.462 e. The fraction of sp³-hybridized carbons (Fsp3) is 0.708. The number of rotatable bonds is 59. The molecule has 0 saturated heterocycles. The molecule has 0 saturated carbocycles. The Kier molecular flexibility index (Phi) is 62.3. The van der Waals surface area contributed by atoms with Crippen LogP contribution in [0.15, 0.2) is 109 Å². The predicted octanol–water partition coefficient (Wildman–Crippen LogP) is 22.6. The highest BCUT2D eigenvalue weighted by molar-refractivity contribution is 5.71. The summed E-state index contributed by atoms with van der Waals surface area (Å²) in [7, 11) is 0. The SMILES string of the molecule is CC/C=C\C/C=C\C/C=C\C/C=C\C/C=C\C/C=C\C/C=C\C/C=C\CCCCCCC(=O)OCC(COC(=O)CCCCCCC/C=C\CCCCCCCC)OC(=O)CCCCCCCCCCCCCCCCCC. The van der Waals surface area contributed by atoms with Gasteiger partial charge in [-0.15, -0.1) is 0 Å². The van der Waals surface area contributed by atoms with Crippen LogP contribution in [-0.2, 0) is 28.6 Å². The average Bonchev–Trinajstić information content (AvgIpc) is 3.44. The molecule has 0 aromatic rings. The van der Waals surface area contributed by atoms with Gasteiger partial charge < -0.3 is 14.2 Å². The Morgan fingerprint density at radius 1 is 0.269 bits per heavy atom. The molecular formula is C72H122O6. The van der Waals surface area contributed by atoms with Crippen LogP contribution in [0.1, 0.15) is 310 Å². The minimum absolute atomic E-state index is 0.0886. The van der Waals surface area contributed by atoms with E-state index in [2.05, 4.69) is 130 Å². The van der Waals surface area contributed by atoms with Gasteiger partial charge in [0.1, 0.15) is 13.2 Å². The van der Waals surface area contributed by atoms with Crippen LogP contribution in [-0.4, -0.2) is 37.2 Å². The molecule has 6 nitrogen and oxygen atoms in total. The van der Waals surface area contributed by atoms with Crippen LogP contribution in [0.3, 0.4) is 0 Å². The van der Waals surface area contributed by atoms with Gasteiger partial charge in [0.05, 0.1) is 0 Å². The second-order valence-corrected chi connectivity index (χ2v) is 21.6. The fourth-order valence-corrected chi connectivity index (χ4v) is 9.10. The van der Waals surface area contributed by atoms with Gasteiger partial charge >= 0.3 is 17.9 Å². The van der Waals surface area contributed by atoms with Crippen LogP contribution in [0.4, 0.5) is 0 Å². The maximum absolute atomic E-state index is 12.9. The van der Waals surface area contributed by atoms with Crippen molar-refractivity contribution in [3.8, 4) is 0 Å². The Bertz CT molecular complexity index is 1570. The summed E-state index contributed by atoms with van der Waals surface area (Å²) in [4.78, 5) is 38.3. The highest BCUT2D eigenvalue weighted by atomic mass is 16.6. The maximum atomic E-state index is 12.9. The fourth-order valence-electron chi connectivity index (χ4n) is 9.10. The van der Waals surface area contributed by atoms with Gasteiger partial charge in [-0.1, -0.05) is 291 Å². The third kappa shape index (κ3) is 62.9. The third-order valence-electron chi connectivity index (χ3n) is 14.0. The van der Waals surface area contributed by atoms with Crippen molar-refractivity contribution in [2.24, 2.45) is 0 Å². The van der Waals surface area contributed by atoms with Gasteiger partial charge in [0, 0.05) is 19.3 Å². The van der Waals surface area contributed by atoms with E-state index in [-0.39, 0.29) is 31.1 Å². The van der Waals surface area contributed by atoms with E-state index in [9.17, 15) is 14.4 Å². The largest absolute Gasteiger partial charge is 0.462 e. The maximum Gasteiger partial charge on any atom is 0.306 e. The van der Waals surface area contributed by atoms with E-state index in [0.29, 0.717) is 19.3 Å². The molecule has 0 aromatic carbocycles. The van der Waals surface area contributed by atoms with Crippen LogP contribution in [0.25, 0.3) is 0 Å². The zero-order valence-corrected chi connectivity index (χ0v) is 51.2.